The molecule has 0 spiro atoms. The van der Waals surface area contributed by atoms with E-state index in [1.165, 1.54) is 5.56 Å². The number of aliphatic hydroxyl groups is 1. The van der Waals surface area contributed by atoms with Gasteiger partial charge in [-0.3, -0.25) is 14.7 Å². The molecule has 3 atom stereocenters. The fourth-order valence-electron chi connectivity index (χ4n) is 4.68. The van der Waals surface area contributed by atoms with Gasteiger partial charge in [0.1, 0.15) is 11.7 Å². The molecule has 7 heteroatoms. The molecule has 164 valence electrons. The molecule has 1 aliphatic heterocycles. The van der Waals surface area contributed by atoms with Crippen molar-refractivity contribution in [3.05, 3.63) is 82.7 Å². The quantitative estimate of drug-likeness (QED) is 0.559. The van der Waals surface area contributed by atoms with Gasteiger partial charge < -0.3 is 15.3 Å². The molecule has 1 fully saturated rings. The highest BCUT2D eigenvalue weighted by Crippen LogP contribution is 2.54. The summed E-state index contributed by atoms with van der Waals surface area (Å²) >= 11 is 0. The van der Waals surface area contributed by atoms with Gasteiger partial charge in [0.05, 0.1) is 0 Å². The van der Waals surface area contributed by atoms with Crippen LogP contribution in [0.15, 0.2) is 54.6 Å². The summed E-state index contributed by atoms with van der Waals surface area (Å²) < 4.78 is 0. The number of rotatable bonds is 6. The zero-order valence-corrected chi connectivity index (χ0v) is 17.9. The predicted molar refractivity (Wildman–Crippen MR) is 121 cm³/mol. The Morgan fingerprint density at radius 3 is 2.72 bits per heavy atom. The monoisotopic (exact) mass is 430 g/mol. The molecule has 0 radical (unpaired) electrons. The first-order valence-electron chi connectivity index (χ1n) is 11.0. The van der Waals surface area contributed by atoms with Crippen LogP contribution >= 0.6 is 0 Å². The molecule has 2 aromatic carbocycles. The second-order valence-electron chi connectivity index (χ2n) is 8.66. The third kappa shape index (κ3) is 3.80. The molecule has 1 aliphatic carbocycles. The number of benzene rings is 2. The fraction of sp³-hybridized carbons (Fsp3) is 0.320. The van der Waals surface area contributed by atoms with Gasteiger partial charge in [0.2, 0.25) is 5.91 Å². The van der Waals surface area contributed by atoms with E-state index < -0.39 is 6.04 Å². The average Bonchev–Trinajstić information content (AvgIpc) is 3.47. The summed E-state index contributed by atoms with van der Waals surface area (Å²) in [6, 6.07) is 17.2. The van der Waals surface area contributed by atoms with E-state index in [2.05, 4.69) is 21.6 Å². The van der Waals surface area contributed by atoms with E-state index in [9.17, 15) is 9.59 Å². The summed E-state index contributed by atoms with van der Waals surface area (Å²) in [5.74, 6) is -0.00831. The maximum absolute atomic E-state index is 13.1. The predicted octanol–water partition coefficient (Wildman–Crippen LogP) is 2.41. The molecule has 1 aromatic heterocycles. The molecule has 32 heavy (non-hydrogen) atoms. The number of hydrogen-bond acceptors (Lipinski definition) is 4. The lowest BCUT2D eigenvalue weighted by Crippen LogP contribution is -2.48. The third-order valence-corrected chi connectivity index (χ3v) is 6.53. The number of hydrogen-bond donors (Lipinski definition) is 3. The molecule has 0 bridgehead atoms. The molecule has 7 nitrogen and oxygen atoms in total. The van der Waals surface area contributed by atoms with Crippen LogP contribution in [-0.2, 0) is 17.6 Å². The first-order chi connectivity index (χ1) is 15.5. The molecule has 0 saturated heterocycles. The van der Waals surface area contributed by atoms with E-state index in [4.69, 9.17) is 5.11 Å². The van der Waals surface area contributed by atoms with Crippen LogP contribution in [0, 0.1) is 5.92 Å². The summed E-state index contributed by atoms with van der Waals surface area (Å²) in [4.78, 5) is 27.7. The van der Waals surface area contributed by atoms with Crippen LogP contribution in [0.3, 0.4) is 0 Å². The molecule has 2 heterocycles. The van der Waals surface area contributed by atoms with E-state index >= 15 is 0 Å². The van der Waals surface area contributed by atoms with Crippen LogP contribution in [0.1, 0.15) is 45.2 Å². The van der Waals surface area contributed by atoms with Gasteiger partial charge in [-0.25, -0.2) is 0 Å². The Morgan fingerprint density at radius 2 is 1.94 bits per heavy atom. The number of carbonyl (C=O) groups is 2. The molecule has 1 saturated carbocycles. The van der Waals surface area contributed by atoms with Crippen LogP contribution in [0.5, 0.6) is 0 Å². The fourth-order valence-corrected chi connectivity index (χ4v) is 4.68. The number of aromatic nitrogens is 2. The van der Waals surface area contributed by atoms with Crippen molar-refractivity contribution in [2.45, 2.75) is 31.2 Å². The molecule has 3 N–H and O–H groups in total. The maximum atomic E-state index is 13.1. The van der Waals surface area contributed by atoms with Crippen molar-refractivity contribution < 1.29 is 14.7 Å². The van der Waals surface area contributed by atoms with Crippen molar-refractivity contribution in [1.82, 2.24) is 15.5 Å². The third-order valence-electron chi connectivity index (χ3n) is 6.53. The van der Waals surface area contributed by atoms with Crippen LogP contribution < -0.4 is 10.2 Å². The molecule has 5 rings (SSSR count). The van der Waals surface area contributed by atoms with Gasteiger partial charge in [-0.1, -0.05) is 42.5 Å². The van der Waals surface area contributed by atoms with Crippen molar-refractivity contribution in [2.24, 2.45) is 5.92 Å². The van der Waals surface area contributed by atoms with Crippen molar-refractivity contribution in [3.63, 3.8) is 0 Å². The Labute approximate surface area is 186 Å². The number of para-hydroxylation sites is 1. The first-order valence-corrected chi connectivity index (χ1v) is 11.0. The Hall–Kier alpha value is -3.45. The molecule has 3 aromatic rings. The van der Waals surface area contributed by atoms with Crippen molar-refractivity contribution in [3.8, 4) is 0 Å². The highest BCUT2D eigenvalue weighted by Gasteiger charge is 2.51. The van der Waals surface area contributed by atoms with Crippen LogP contribution in [0.2, 0.25) is 0 Å². The first kappa shape index (κ1) is 20.5. The largest absolute Gasteiger partial charge is 0.396 e. The minimum Gasteiger partial charge on any atom is -0.396 e. The Morgan fingerprint density at radius 1 is 1.19 bits per heavy atom. The minimum absolute atomic E-state index is 0.0884. The normalized spacial score (nSPS) is 21.5. The highest BCUT2D eigenvalue weighted by atomic mass is 16.3. The molecule has 2 amide bonds. The van der Waals surface area contributed by atoms with E-state index in [0.717, 1.165) is 28.9 Å². The second-order valence-corrected chi connectivity index (χ2v) is 8.66. The lowest BCUT2D eigenvalue weighted by molar-refractivity contribution is -0.120. The topological polar surface area (TPSA) is 98.3 Å². The van der Waals surface area contributed by atoms with E-state index in [-0.39, 0.29) is 30.0 Å². The van der Waals surface area contributed by atoms with Crippen molar-refractivity contribution >= 4 is 17.5 Å². The van der Waals surface area contributed by atoms with E-state index in [1.807, 2.05) is 42.5 Å². The molecule has 2 aliphatic rings. The number of nitrogens with one attached hydrogen (secondary N) is 2. The number of H-pyrrole nitrogens is 1. The number of anilines is 1. The standard InChI is InChI=1S/C25H26N4O3/c1-29-22-5-3-2-4-18(22)19-14-20(19)23(25(29)32)26-24(31)21-13-17(27-28-21)12-16-8-6-15(7-9-16)10-11-30/h2-9,13,19-20,23,30H,10-12,14H2,1H3,(H,26,31)(H,27,28). The summed E-state index contributed by atoms with van der Waals surface area (Å²) in [5.41, 5.74) is 5.38. The van der Waals surface area contributed by atoms with Gasteiger partial charge in [0, 0.05) is 31.5 Å². The Kier molecular flexibility index (Phi) is 5.27. The number of aromatic amines is 1. The molecular formula is C25H26N4O3. The van der Waals surface area contributed by atoms with E-state index in [0.29, 0.717) is 18.8 Å². The minimum atomic E-state index is -0.552. The number of carbonyl (C=O) groups excluding carboxylic acids is 2. The number of aliphatic hydroxyl groups excluding tert-OH is 1. The number of likely N-dealkylation sites (N-methyl/N-ethyl adjacent to an activating group) is 1. The van der Waals surface area contributed by atoms with Crippen molar-refractivity contribution in [2.75, 3.05) is 18.6 Å². The van der Waals surface area contributed by atoms with Crippen LogP contribution in [0.4, 0.5) is 5.69 Å². The van der Waals surface area contributed by atoms with Gasteiger partial charge in [-0.15, -0.1) is 0 Å². The summed E-state index contributed by atoms with van der Waals surface area (Å²) in [6.45, 7) is 0.130. The van der Waals surface area contributed by atoms with Gasteiger partial charge >= 0.3 is 0 Å². The van der Waals surface area contributed by atoms with E-state index in [1.54, 1.807) is 18.0 Å². The molecular weight excluding hydrogens is 404 g/mol. The second kappa shape index (κ2) is 8.24. The van der Waals surface area contributed by atoms with Crippen LogP contribution in [-0.4, -0.2) is 46.8 Å². The maximum Gasteiger partial charge on any atom is 0.272 e. The van der Waals surface area contributed by atoms with Gasteiger partial charge in [-0.05, 0) is 53.5 Å². The zero-order chi connectivity index (χ0) is 22.2. The lowest BCUT2D eigenvalue weighted by Gasteiger charge is -2.23. The number of nitrogens with zero attached hydrogens (tertiary/aromatic N) is 2. The Balaban J connectivity index is 1.27. The number of amides is 2. The average molecular weight is 431 g/mol. The smallest absolute Gasteiger partial charge is 0.272 e. The SMILES string of the molecule is CN1C(=O)C(NC(=O)c2cc(Cc3ccc(CCO)cc3)[nH]n2)C2CC2c2ccccc21. The summed E-state index contributed by atoms with van der Waals surface area (Å²) in [6.07, 6.45) is 2.15. The Bertz CT molecular complexity index is 1150. The number of fused-ring (bicyclic) bond motifs is 3. The van der Waals surface area contributed by atoms with Crippen molar-refractivity contribution in [1.29, 1.82) is 0 Å². The zero-order valence-electron chi connectivity index (χ0n) is 17.9. The highest BCUT2D eigenvalue weighted by molar-refractivity contribution is 6.03. The van der Waals surface area contributed by atoms with Gasteiger partial charge in [-0.2, -0.15) is 5.10 Å². The van der Waals surface area contributed by atoms with Crippen LogP contribution in [0.25, 0.3) is 0 Å². The van der Waals surface area contributed by atoms with Gasteiger partial charge in [0.15, 0.2) is 0 Å². The van der Waals surface area contributed by atoms with Gasteiger partial charge in [0.25, 0.3) is 5.91 Å². The molecule has 3 unspecified atom stereocenters. The summed E-state index contributed by atoms with van der Waals surface area (Å²) in [5, 5.41) is 19.1. The summed E-state index contributed by atoms with van der Waals surface area (Å²) in [7, 11) is 1.77. The lowest BCUT2D eigenvalue weighted by atomic mass is 10.1.